The molecule has 0 saturated carbocycles. The second kappa shape index (κ2) is 49.9. The Morgan fingerprint density at radius 2 is 1.01 bits per heavy atom. The number of allylic oxidation sites excluding steroid dienone is 1. The molecule has 92 heavy (non-hydrogen) atoms. The van der Waals surface area contributed by atoms with Gasteiger partial charge in [0.15, 0.2) is 12.6 Å². The Morgan fingerprint density at radius 3 is 1.45 bits per heavy atom. The molecule has 0 radical (unpaired) electrons. The molecule has 23 nitrogen and oxygen atoms in total. The molecule has 3 fully saturated rings. The van der Waals surface area contributed by atoms with Crippen molar-refractivity contribution in [3.05, 3.63) is 12.2 Å². The van der Waals surface area contributed by atoms with Crippen LogP contribution in [0.4, 0.5) is 0 Å². The Hall–Kier alpha value is -2.53. The third kappa shape index (κ3) is 31.8. The zero-order valence-corrected chi connectivity index (χ0v) is 56.4. The molecule has 2 amide bonds. The first kappa shape index (κ1) is 83.7. The van der Waals surface area contributed by atoms with E-state index in [2.05, 4.69) is 24.5 Å². The molecule has 3 aliphatic rings. The van der Waals surface area contributed by atoms with E-state index in [1.54, 1.807) is 6.08 Å². The van der Waals surface area contributed by atoms with Gasteiger partial charge in [-0.05, 0) is 19.3 Å². The van der Waals surface area contributed by atoms with Crippen LogP contribution in [0, 0.1) is 0 Å². The lowest BCUT2D eigenvalue weighted by Gasteiger charge is -2.50. The number of unbranched alkanes of at least 4 members (excludes halogenated alkanes) is 35. The molecule has 540 valence electrons. The minimum absolute atomic E-state index is 0.205. The van der Waals surface area contributed by atoms with Crippen molar-refractivity contribution in [2.75, 3.05) is 26.4 Å². The molecule has 3 rings (SSSR count). The predicted octanol–water partition coefficient (Wildman–Crippen LogP) is 7.07. The fourth-order valence-corrected chi connectivity index (χ4v) is 12.7. The first-order valence-electron chi connectivity index (χ1n) is 36.1. The maximum atomic E-state index is 13.5. The average molecular weight is 1320 g/mol. The second-order valence-corrected chi connectivity index (χ2v) is 26.5. The van der Waals surface area contributed by atoms with E-state index in [4.69, 9.17) is 28.4 Å². The summed E-state index contributed by atoms with van der Waals surface area (Å²) in [7, 11) is 0. The van der Waals surface area contributed by atoms with Crippen molar-refractivity contribution in [1.29, 1.82) is 0 Å². The maximum absolute atomic E-state index is 13.5. The molecule has 0 aromatic heterocycles. The van der Waals surface area contributed by atoms with Crippen molar-refractivity contribution in [2.45, 2.75) is 381 Å². The minimum atomic E-state index is -3.08. The lowest BCUT2D eigenvalue weighted by atomic mass is 9.88. The Balaban J connectivity index is 1.56. The number of hydrogen-bond donors (Lipinski definition) is 14. The number of hydrogen-bond acceptors (Lipinski definition) is 20. The molecule has 0 bridgehead atoms. The summed E-state index contributed by atoms with van der Waals surface area (Å²) in [6.07, 6.45) is 19.7. The summed E-state index contributed by atoms with van der Waals surface area (Å²) < 4.78 is 34.8. The van der Waals surface area contributed by atoms with Gasteiger partial charge in [0.05, 0.1) is 50.7 Å². The number of aliphatic hydroxyl groups is 11. The molecule has 18 unspecified atom stereocenters. The number of ether oxygens (including phenoxy) is 6. The summed E-state index contributed by atoms with van der Waals surface area (Å²) in [5, 5.41) is 136. The molecule has 0 spiro atoms. The molecule has 3 aliphatic heterocycles. The van der Waals surface area contributed by atoms with E-state index in [9.17, 15) is 75.7 Å². The Morgan fingerprint density at radius 1 is 0.565 bits per heavy atom. The van der Waals surface area contributed by atoms with Gasteiger partial charge >= 0.3 is 5.97 Å². The topological polar surface area (TPSA) is 373 Å². The summed E-state index contributed by atoms with van der Waals surface area (Å²) in [5.41, 5.74) is 0. The van der Waals surface area contributed by atoms with E-state index in [0.717, 1.165) is 51.9 Å². The third-order valence-corrected chi connectivity index (χ3v) is 18.5. The molecule has 0 aliphatic carbocycles. The van der Waals surface area contributed by atoms with Gasteiger partial charge in [-0.25, -0.2) is 4.79 Å². The van der Waals surface area contributed by atoms with E-state index in [0.29, 0.717) is 12.8 Å². The highest BCUT2D eigenvalue weighted by molar-refractivity contribution is 5.77. The fourth-order valence-electron chi connectivity index (χ4n) is 12.7. The standard InChI is InChI=1S/C69H128N2O21/c1-4-6-8-10-12-14-16-18-20-21-22-23-24-25-26-27-28-29-31-33-35-37-39-41-43-56(79)71-50(51(76)42-40-38-36-34-32-30-19-17-15-13-11-9-7-5-2)48-87-66-61(83)60(82)63(55(47-74)89-66)90-67-62(84)65(59(81)54(46-73)88-67)92-69(68(85)86)44-52(77)57(70-49(3)75)64(91-69)58(80)53(78)45-72/h40,42,50-55,57-67,72-74,76-78,80-84H,4-39,41,43-48H2,1-3H3,(H,70,75)(H,71,79)(H,85,86)/b42-40+. The number of aliphatic hydroxyl groups excluding tert-OH is 11. The van der Waals surface area contributed by atoms with Crippen LogP contribution < -0.4 is 10.6 Å². The van der Waals surface area contributed by atoms with Crippen molar-refractivity contribution < 1.29 is 104 Å². The van der Waals surface area contributed by atoms with Gasteiger partial charge in [0.1, 0.15) is 67.1 Å². The molecule has 3 heterocycles. The molecule has 3 saturated heterocycles. The van der Waals surface area contributed by atoms with Crippen molar-refractivity contribution in [3.8, 4) is 0 Å². The molecule has 0 aromatic rings. The summed E-state index contributed by atoms with van der Waals surface area (Å²) in [4.78, 5) is 38.5. The van der Waals surface area contributed by atoms with Crippen molar-refractivity contribution in [1.82, 2.24) is 10.6 Å². The van der Waals surface area contributed by atoms with Gasteiger partial charge in [0.2, 0.25) is 11.8 Å². The van der Waals surface area contributed by atoms with Crippen LogP contribution in [-0.2, 0) is 42.8 Å². The summed E-state index contributed by atoms with van der Waals surface area (Å²) in [6, 6.07) is -2.61. The number of carboxylic acid groups (broad SMARTS) is 1. The monoisotopic (exact) mass is 1320 g/mol. The van der Waals surface area contributed by atoms with Crippen LogP contribution in [-0.4, -0.2) is 215 Å². The average Bonchev–Trinajstić information content (AvgIpc) is 0.778. The molecule has 0 aromatic carbocycles. The van der Waals surface area contributed by atoms with Crippen molar-refractivity contribution in [3.63, 3.8) is 0 Å². The Kier molecular flexibility index (Phi) is 45.4. The normalized spacial score (nSPS) is 28.3. The number of nitrogens with one attached hydrogen (secondary N) is 2. The third-order valence-electron chi connectivity index (χ3n) is 18.5. The van der Waals surface area contributed by atoms with Crippen LogP contribution in [0.2, 0.25) is 0 Å². The second-order valence-electron chi connectivity index (χ2n) is 26.5. The first-order valence-corrected chi connectivity index (χ1v) is 36.1. The molecular formula is C69H128N2O21. The van der Waals surface area contributed by atoms with Gasteiger partial charge in [-0.2, -0.15) is 0 Å². The van der Waals surface area contributed by atoms with E-state index in [-0.39, 0.29) is 12.3 Å². The smallest absolute Gasteiger partial charge is 0.364 e. The zero-order chi connectivity index (χ0) is 67.5. The fraction of sp³-hybridized carbons (Fsp3) is 0.928. The van der Waals surface area contributed by atoms with Gasteiger partial charge in [-0.3, -0.25) is 9.59 Å². The van der Waals surface area contributed by atoms with E-state index in [1.807, 2.05) is 6.08 Å². The van der Waals surface area contributed by atoms with Crippen LogP contribution in [0.25, 0.3) is 0 Å². The van der Waals surface area contributed by atoms with Gasteiger partial charge < -0.3 is 100 Å². The van der Waals surface area contributed by atoms with Gasteiger partial charge in [-0.15, -0.1) is 0 Å². The maximum Gasteiger partial charge on any atom is 0.364 e. The summed E-state index contributed by atoms with van der Waals surface area (Å²) in [6.45, 7) is 2.15. The highest BCUT2D eigenvalue weighted by Gasteiger charge is 2.60. The van der Waals surface area contributed by atoms with Gasteiger partial charge in [0, 0.05) is 19.8 Å². The predicted molar refractivity (Wildman–Crippen MR) is 348 cm³/mol. The highest BCUT2D eigenvalue weighted by Crippen LogP contribution is 2.39. The van der Waals surface area contributed by atoms with Crippen LogP contribution in [0.15, 0.2) is 12.2 Å². The lowest BCUT2D eigenvalue weighted by molar-refractivity contribution is -0.386. The molecule has 23 heteroatoms. The quantitative estimate of drug-likeness (QED) is 0.0214. The zero-order valence-electron chi connectivity index (χ0n) is 56.4. The van der Waals surface area contributed by atoms with Crippen LogP contribution in [0.3, 0.4) is 0 Å². The number of amides is 2. The highest BCUT2D eigenvalue weighted by atomic mass is 16.8. The summed E-state index contributed by atoms with van der Waals surface area (Å²) >= 11 is 0. The SMILES string of the molecule is CCCCCCCCCCCCCC/C=C/C(O)C(COC1OC(CO)C(OC2OC(CO)C(O)C(OC3(C(=O)O)CC(O)C(NC(C)=O)C(C(O)C(O)CO)O3)C2O)C(O)C1O)NC(=O)CCCCCCCCCCCCCCCCCCCCCCCCCC. The van der Waals surface area contributed by atoms with Crippen LogP contribution in [0.1, 0.15) is 271 Å². The minimum Gasteiger partial charge on any atom is -0.477 e. The molecule has 18 atom stereocenters. The number of carboxylic acids is 1. The number of carbonyl (C=O) groups excluding carboxylic acids is 2. The Bertz CT molecular complexity index is 1910. The first-order chi connectivity index (χ1) is 44.4. The number of aliphatic carboxylic acids is 1. The van der Waals surface area contributed by atoms with Gasteiger partial charge in [-0.1, -0.05) is 244 Å². The van der Waals surface area contributed by atoms with Gasteiger partial charge in [0.25, 0.3) is 5.79 Å². The summed E-state index contributed by atoms with van der Waals surface area (Å²) in [5.74, 6) is -6.13. The number of rotatable bonds is 55. The largest absolute Gasteiger partial charge is 0.477 e. The van der Waals surface area contributed by atoms with E-state index < -0.39 is 155 Å². The lowest BCUT2D eigenvalue weighted by Crippen LogP contribution is -2.70. The van der Waals surface area contributed by atoms with E-state index >= 15 is 0 Å². The van der Waals surface area contributed by atoms with Crippen molar-refractivity contribution >= 4 is 17.8 Å². The van der Waals surface area contributed by atoms with E-state index in [1.165, 1.54) is 180 Å². The molecular weight excluding hydrogens is 1190 g/mol. The Labute approximate surface area is 550 Å². The van der Waals surface area contributed by atoms with Crippen LogP contribution >= 0.6 is 0 Å². The van der Waals surface area contributed by atoms with Crippen molar-refractivity contribution in [2.24, 2.45) is 0 Å². The van der Waals surface area contributed by atoms with Crippen LogP contribution in [0.5, 0.6) is 0 Å². The molecule has 14 N–H and O–H groups in total. The number of carbonyl (C=O) groups is 3.